The van der Waals surface area contributed by atoms with E-state index < -0.39 is 0 Å². The third-order valence-corrected chi connectivity index (χ3v) is 3.77. The van der Waals surface area contributed by atoms with Gasteiger partial charge in [-0.25, -0.2) is 4.98 Å². The van der Waals surface area contributed by atoms with Gasteiger partial charge in [0.2, 0.25) is 0 Å². The number of nitrogens with one attached hydrogen (secondary N) is 1. The minimum Gasteiger partial charge on any atom is -0.463 e. The average molecular weight is 341 g/mol. The van der Waals surface area contributed by atoms with Crippen LogP contribution in [0.3, 0.4) is 0 Å². The van der Waals surface area contributed by atoms with Gasteiger partial charge < -0.3 is 9.73 Å². The maximum atomic E-state index is 6.04. The molecule has 5 nitrogen and oxygen atoms in total. The second kappa shape index (κ2) is 6.76. The number of fused-ring (bicyclic) bond motifs is 1. The Kier molecular flexibility index (Phi) is 4.53. The van der Waals surface area contributed by atoms with E-state index in [0.29, 0.717) is 12.3 Å². The molecule has 0 aliphatic carbocycles. The van der Waals surface area contributed by atoms with E-state index in [-0.39, 0.29) is 7.43 Å². The van der Waals surface area contributed by atoms with Crippen molar-refractivity contribution in [2.45, 2.75) is 14.0 Å². The number of aromatic nitrogens is 3. The molecule has 0 saturated carbocycles. The quantitative estimate of drug-likeness (QED) is 0.574. The van der Waals surface area contributed by atoms with E-state index in [4.69, 9.17) is 16.0 Å². The number of imidazole rings is 1. The SMILES string of the molecule is C.Clc1cccc(CNc2c(-c3ccco3)nc3cnccn23)c1. The van der Waals surface area contributed by atoms with Crippen LogP contribution in [0.25, 0.3) is 17.1 Å². The molecule has 6 heteroatoms. The van der Waals surface area contributed by atoms with Crippen LogP contribution in [-0.2, 0) is 6.54 Å². The molecule has 0 aliphatic rings. The van der Waals surface area contributed by atoms with Gasteiger partial charge in [-0.2, -0.15) is 0 Å². The second-order valence-corrected chi connectivity index (χ2v) is 5.51. The summed E-state index contributed by atoms with van der Waals surface area (Å²) in [6.45, 7) is 0.629. The summed E-state index contributed by atoms with van der Waals surface area (Å²) in [6, 6.07) is 11.5. The van der Waals surface area contributed by atoms with Crippen LogP contribution in [0.4, 0.5) is 5.82 Å². The van der Waals surface area contributed by atoms with Crippen molar-refractivity contribution < 1.29 is 4.42 Å². The van der Waals surface area contributed by atoms with Crippen molar-refractivity contribution in [2.75, 3.05) is 5.32 Å². The Bertz CT molecular complexity index is 947. The summed E-state index contributed by atoms with van der Waals surface area (Å²) in [5.74, 6) is 1.57. The van der Waals surface area contributed by atoms with Gasteiger partial charge in [0.05, 0.1) is 12.5 Å². The Hall–Kier alpha value is -2.79. The molecule has 24 heavy (non-hydrogen) atoms. The normalized spacial score (nSPS) is 10.5. The first-order valence-corrected chi connectivity index (χ1v) is 7.53. The summed E-state index contributed by atoms with van der Waals surface area (Å²) in [6.07, 6.45) is 6.95. The Balaban J connectivity index is 0.00000169. The molecule has 1 aromatic carbocycles. The summed E-state index contributed by atoms with van der Waals surface area (Å²) in [7, 11) is 0. The number of nitrogens with zero attached hydrogens (tertiary/aromatic N) is 3. The fourth-order valence-electron chi connectivity index (χ4n) is 2.49. The van der Waals surface area contributed by atoms with Crippen molar-refractivity contribution in [1.29, 1.82) is 0 Å². The molecule has 0 aliphatic heterocycles. The largest absolute Gasteiger partial charge is 0.463 e. The van der Waals surface area contributed by atoms with Crippen molar-refractivity contribution in [1.82, 2.24) is 14.4 Å². The third kappa shape index (κ3) is 2.98. The predicted octanol–water partition coefficient (Wildman–Crippen LogP) is 4.89. The first kappa shape index (κ1) is 16.1. The summed E-state index contributed by atoms with van der Waals surface area (Å²) in [5, 5.41) is 4.14. The lowest BCUT2D eigenvalue weighted by atomic mass is 10.2. The van der Waals surface area contributed by atoms with E-state index in [9.17, 15) is 0 Å². The van der Waals surface area contributed by atoms with E-state index in [0.717, 1.165) is 27.7 Å². The minimum atomic E-state index is 0. The van der Waals surface area contributed by atoms with Crippen LogP contribution in [0.15, 0.2) is 65.7 Å². The van der Waals surface area contributed by atoms with Gasteiger partial charge in [-0.15, -0.1) is 0 Å². The Morgan fingerprint density at radius 3 is 2.92 bits per heavy atom. The molecule has 0 fully saturated rings. The van der Waals surface area contributed by atoms with E-state index in [1.165, 1.54) is 0 Å². The van der Waals surface area contributed by atoms with Gasteiger partial charge in [0, 0.05) is 24.0 Å². The lowest BCUT2D eigenvalue weighted by Gasteiger charge is -2.08. The monoisotopic (exact) mass is 340 g/mol. The van der Waals surface area contributed by atoms with E-state index in [2.05, 4.69) is 15.3 Å². The van der Waals surface area contributed by atoms with Crippen LogP contribution in [0.1, 0.15) is 13.0 Å². The van der Waals surface area contributed by atoms with Crippen molar-refractivity contribution >= 4 is 23.1 Å². The highest BCUT2D eigenvalue weighted by atomic mass is 35.5. The molecule has 0 spiro atoms. The molecule has 3 aromatic heterocycles. The fraction of sp³-hybridized carbons (Fsp3) is 0.111. The van der Waals surface area contributed by atoms with E-state index in [1.54, 1.807) is 18.7 Å². The molecule has 4 aromatic rings. The molecule has 4 rings (SSSR count). The first-order chi connectivity index (χ1) is 11.3. The van der Waals surface area contributed by atoms with Crippen LogP contribution >= 0.6 is 11.6 Å². The number of benzene rings is 1. The topological polar surface area (TPSA) is 55.4 Å². The average Bonchev–Trinajstić information content (AvgIpc) is 3.20. The molecular weight excluding hydrogens is 324 g/mol. The molecule has 122 valence electrons. The number of rotatable bonds is 4. The third-order valence-electron chi connectivity index (χ3n) is 3.53. The fourth-order valence-corrected chi connectivity index (χ4v) is 2.71. The van der Waals surface area contributed by atoms with Gasteiger partial charge in [-0.3, -0.25) is 9.38 Å². The summed E-state index contributed by atoms with van der Waals surface area (Å²) >= 11 is 6.04. The molecule has 0 radical (unpaired) electrons. The van der Waals surface area contributed by atoms with E-state index in [1.807, 2.05) is 47.0 Å². The Labute approximate surface area is 144 Å². The van der Waals surface area contributed by atoms with Gasteiger partial charge in [0.15, 0.2) is 11.4 Å². The smallest absolute Gasteiger partial charge is 0.157 e. The number of anilines is 1. The zero-order chi connectivity index (χ0) is 15.6. The zero-order valence-electron chi connectivity index (χ0n) is 12.1. The van der Waals surface area contributed by atoms with Gasteiger partial charge >= 0.3 is 0 Å². The van der Waals surface area contributed by atoms with Crippen LogP contribution < -0.4 is 5.32 Å². The van der Waals surface area contributed by atoms with Gasteiger partial charge in [-0.1, -0.05) is 31.2 Å². The molecule has 0 bridgehead atoms. The molecule has 0 atom stereocenters. The standard InChI is InChI=1S/C17H13ClN4O.CH4/c18-13-4-1-3-12(9-13)10-20-17-16(14-5-2-8-23-14)21-15-11-19-6-7-22(15)17;/h1-9,11,20H,10H2;1H4. The van der Waals surface area contributed by atoms with Crippen LogP contribution in [0.5, 0.6) is 0 Å². The van der Waals surface area contributed by atoms with Crippen LogP contribution in [0.2, 0.25) is 5.02 Å². The molecule has 3 heterocycles. The van der Waals surface area contributed by atoms with Gasteiger partial charge in [0.25, 0.3) is 0 Å². The Morgan fingerprint density at radius 1 is 1.21 bits per heavy atom. The summed E-state index contributed by atoms with van der Waals surface area (Å²) in [4.78, 5) is 8.72. The molecule has 0 saturated heterocycles. The maximum absolute atomic E-state index is 6.04. The lowest BCUT2D eigenvalue weighted by molar-refractivity contribution is 0.580. The van der Waals surface area contributed by atoms with Crippen LogP contribution in [-0.4, -0.2) is 14.4 Å². The van der Waals surface area contributed by atoms with Crippen molar-refractivity contribution in [3.05, 3.63) is 71.8 Å². The highest BCUT2D eigenvalue weighted by Crippen LogP contribution is 2.29. The molecule has 0 amide bonds. The van der Waals surface area contributed by atoms with E-state index >= 15 is 0 Å². The number of hydrogen-bond donors (Lipinski definition) is 1. The highest BCUT2D eigenvalue weighted by molar-refractivity contribution is 6.30. The lowest BCUT2D eigenvalue weighted by Crippen LogP contribution is -2.03. The second-order valence-electron chi connectivity index (χ2n) is 5.07. The molecule has 1 N–H and O–H groups in total. The van der Waals surface area contributed by atoms with Crippen molar-refractivity contribution in [3.8, 4) is 11.5 Å². The zero-order valence-corrected chi connectivity index (χ0v) is 12.9. The summed E-state index contributed by atoms with van der Waals surface area (Å²) in [5.41, 5.74) is 2.60. The highest BCUT2D eigenvalue weighted by Gasteiger charge is 2.15. The molecular formula is C18H17ClN4O. The summed E-state index contributed by atoms with van der Waals surface area (Å²) < 4.78 is 7.46. The maximum Gasteiger partial charge on any atom is 0.157 e. The Morgan fingerprint density at radius 2 is 2.12 bits per heavy atom. The van der Waals surface area contributed by atoms with Crippen LogP contribution in [0, 0.1) is 0 Å². The number of furan rings is 1. The van der Waals surface area contributed by atoms with Gasteiger partial charge in [0.1, 0.15) is 11.5 Å². The molecule has 0 unspecified atom stereocenters. The predicted molar refractivity (Wildman–Crippen MR) is 96.2 cm³/mol. The van der Waals surface area contributed by atoms with Crippen molar-refractivity contribution in [2.24, 2.45) is 0 Å². The van der Waals surface area contributed by atoms with Gasteiger partial charge in [-0.05, 0) is 29.8 Å². The number of halogens is 1. The first-order valence-electron chi connectivity index (χ1n) is 7.15. The number of hydrogen-bond acceptors (Lipinski definition) is 4. The van der Waals surface area contributed by atoms with Crippen molar-refractivity contribution in [3.63, 3.8) is 0 Å². The minimum absolute atomic E-state index is 0.